The van der Waals surface area contributed by atoms with Crippen molar-refractivity contribution in [3.8, 4) is 12.1 Å². The van der Waals surface area contributed by atoms with Gasteiger partial charge in [0.25, 0.3) is 5.95 Å². The molecule has 0 saturated carbocycles. The number of ether oxygens (including phenoxy) is 3. The van der Waals surface area contributed by atoms with E-state index in [1.807, 2.05) is 0 Å². The zero-order valence-electron chi connectivity index (χ0n) is 12.6. The van der Waals surface area contributed by atoms with E-state index in [9.17, 15) is 4.79 Å². The van der Waals surface area contributed by atoms with Crippen LogP contribution in [0.5, 0.6) is 0 Å². The van der Waals surface area contributed by atoms with E-state index in [-0.39, 0.29) is 17.6 Å². The van der Waals surface area contributed by atoms with Gasteiger partial charge in [-0.2, -0.15) is 10.5 Å². The fourth-order valence-electron chi connectivity index (χ4n) is 1.33. The van der Waals surface area contributed by atoms with Gasteiger partial charge in [0, 0.05) is 19.2 Å². The van der Waals surface area contributed by atoms with Crippen molar-refractivity contribution in [3.05, 3.63) is 23.2 Å². The number of esters is 1. The molecule has 8 heteroatoms. The molecule has 0 aliphatic carbocycles. The second-order valence-corrected chi connectivity index (χ2v) is 3.93. The van der Waals surface area contributed by atoms with Crippen LogP contribution >= 0.6 is 0 Å². The molecule has 0 amide bonds. The van der Waals surface area contributed by atoms with Crippen LogP contribution in [-0.4, -0.2) is 51.6 Å². The highest BCUT2D eigenvalue weighted by Gasteiger charge is 2.11. The van der Waals surface area contributed by atoms with Gasteiger partial charge < -0.3 is 24.6 Å². The highest BCUT2D eigenvalue weighted by Crippen LogP contribution is 2.13. The summed E-state index contributed by atoms with van der Waals surface area (Å²) >= 11 is 0. The molecule has 120 valence electrons. The average molecular weight is 309 g/mol. The van der Waals surface area contributed by atoms with Crippen molar-refractivity contribution in [2.45, 2.75) is 6.42 Å². The number of rotatable bonds is 4. The van der Waals surface area contributed by atoms with Gasteiger partial charge in [0.15, 0.2) is 0 Å². The summed E-state index contributed by atoms with van der Waals surface area (Å²) in [7, 11) is 2.39. The molecule has 0 atom stereocenters. The van der Waals surface area contributed by atoms with Crippen molar-refractivity contribution in [1.82, 2.24) is 5.32 Å². The van der Waals surface area contributed by atoms with Crippen molar-refractivity contribution in [1.29, 1.82) is 10.5 Å². The minimum Gasteiger partial charge on any atom is -0.481 e. The lowest BCUT2D eigenvalue weighted by atomic mass is 10.1. The summed E-state index contributed by atoms with van der Waals surface area (Å²) in [5.41, 5.74) is -0.245. The molecule has 1 fully saturated rings. The molecule has 0 aromatic rings. The van der Waals surface area contributed by atoms with Crippen molar-refractivity contribution in [2.75, 3.05) is 40.5 Å². The highest BCUT2D eigenvalue weighted by atomic mass is 16.6. The zero-order valence-corrected chi connectivity index (χ0v) is 12.6. The predicted octanol–water partition coefficient (Wildman–Crippen LogP) is 0.545. The summed E-state index contributed by atoms with van der Waals surface area (Å²) < 4.78 is 13.8. The van der Waals surface area contributed by atoms with Crippen LogP contribution in [0.2, 0.25) is 0 Å². The van der Waals surface area contributed by atoms with E-state index in [4.69, 9.17) is 20.4 Å². The van der Waals surface area contributed by atoms with Crippen LogP contribution in [0.3, 0.4) is 0 Å². The number of morpholine rings is 1. The van der Waals surface area contributed by atoms with Gasteiger partial charge in [-0.05, 0) is 5.57 Å². The first-order valence-electron chi connectivity index (χ1n) is 6.42. The Morgan fingerprint density at radius 3 is 2.18 bits per heavy atom. The van der Waals surface area contributed by atoms with Crippen LogP contribution in [-0.2, 0) is 19.0 Å². The van der Waals surface area contributed by atoms with Gasteiger partial charge in [0.1, 0.15) is 17.7 Å². The molecule has 0 unspecified atom stereocenters. The first-order chi connectivity index (χ1) is 10.6. The van der Waals surface area contributed by atoms with E-state index < -0.39 is 11.9 Å². The minimum absolute atomic E-state index is 0.0381. The average Bonchev–Trinajstić information content (AvgIpc) is 2.57. The van der Waals surface area contributed by atoms with Crippen LogP contribution in [0.4, 0.5) is 0 Å². The maximum absolute atomic E-state index is 11.0. The maximum atomic E-state index is 11.0. The van der Waals surface area contributed by atoms with Crippen LogP contribution < -0.4 is 5.32 Å². The molecule has 0 aromatic carbocycles. The maximum Gasteiger partial charge on any atom is 0.310 e. The van der Waals surface area contributed by atoms with Crippen LogP contribution in [0.25, 0.3) is 0 Å². The molecule has 0 bridgehead atoms. The number of nitrogens with one attached hydrogen (secondary N) is 1. The first kappa shape index (κ1) is 19.4. The Hall–Kier alpha value is -2.55. The van der Waals surface area contributed by atoms with Crippen molar-refractivity contribution < 1.29 is 24.1 Å². The fraction of sp³-hybridized carbons (Fsp3) is 0.500. The number of carbonyl (C=O) groups excluding carboxylic acids is 1. The normalized spacial score (nSPS) is 13.5. The molecule has 1 aliphatic rings. The number of hydrogen-bond acceptors (Lipinski definition) is 8. The monoisotopic (exact) mass is 309 g/mol. The second kappa shape index (κ2) is 12.2. The molecule has 22 heavy (non-hydrogen) atoms. The molecule has 2 N–H and O–H groups in total. The Labute approximate surface area is 129 Å². The predicted molar refractivity (Wildman–Crippen MR) is 76.3 cm³/mol. The molecule has 1 aliphatic heterocycles. The number of methoxy groups -OCH3 is 2. The molecule has 1 saturated heterocycles. The lowest BCUT2D eigenvalue weighted by molar-refractivity contribution is -0.139. The third-order valence-corrected chi connectivity index (χ3v) is 2.46. The molecule has 0 radical (unpaired) electrons. The number of allylic oxidation sites excluding steroid dienone is 2. The minimum atomic E-state index is -0.627. The Bertz CT molecular complexity index is 468. The SMILES string of the molecule is C1COCCN1.COC(=O)CC(/C=C(\O)OC)=C(C#N)C#N. The number of nitrogens with zero attached hydrogens (tertiary/aromatic N) is 2. The summed E-state index contributed by atoms with van der Waals surface area (Å²) in [6, 6.07) is 3.22. The summed E-state index contributed by atoms with van der Waals surface area (Å²) in [6.45, 7) is 3.83. The number of hydrogen-bond donors (Lipinski definition) is 2. The molecule has 8 nitrogen and oxygen atoms in total. The number of aliphatic hydroxyl groups excluding tert-OH is 1. The lowest BCUT2D eigenvalue weighted by Crippen LogP contribution is -2.30. The molecular weight excluding hydrogens is 290 g/mol. The third-order valence-electron chi connectivity index (χ3n) is 2.46. The number of carbonyl (C=O) groups is 1. The Balaban J connectivity index is 0.000000604. The largest absolute Gasteiger partial charge is 0.481 e. The van der Waals surface area contributed by atoms with Gasteiger partial charge in [-0.3, -0.25) is 4.79 Å². The Morgan fingerprint density at radius 1 is 1.27 bits per heavy atom. The molecule has 1 heterocycles. The van der Waals surface area contributed by atoms with Gasteiger partial charge in [-0.1, -0.05) is 0 Å². The van der Waals surface area contributed by atoms with Crippen molar-refractivity contribution in [3.63, 3.8) is 0 Å². The first-order valence-corrected chi connectivity index (χ1v) is 6.42. The second-order valence-electron chi connectivity index (χ2n) is 3.93. The molecule has 1 rings (SSSR count). The Morgan fingerprint density at radius 2 is 1.86 bits per heavy atom. The van der Waals surface area contributed by atoms with Gasteiger partial charge in [-0.15, -0.1) is 0 Å². The van der Waals surface area contributed by atoms with Crippen LogP contribution in [0.1, 0.15) is 6.42 Å². The van der Waals surface area contributed by atoms with Gasteiger partial charge >= 0.3 is 5.97 Å². The van der Waals surface area contributed by atoms with E-state index in [1.54, 1.807) is 12.1 Å². The summed E-state index contributed by atoms with van der Waals surface area (Å²) in [5, 5.41) is 29.5. The van der Waals surface area contributed by atoms with E-state index in [0.717, 1.165) is 32.4 Å². The van der Waals surface area contributed by atoms with E-state index in [2.05, 4.69) is 14.8 Å². The van der Waals surface area contributed by atoms with Crippen LogP contribution in [0, 0.1) is 22.7 Å². The van der Waals surface area contributed by atoms with Gasteiger partial charge in [0.2, 0.25) is 0 Å². The molecular formula is C14H19N3O5. The standard InChI is InChI=1S/C10H10N2O4.C4H9NO/c1-15-9(13)3-7(4-10(14)16-2)8(5-11)6-12;1-3-6-4-2-5-1/h3,13H,4H2,1-2H3;5H,1-4H2/b9-3+;. The van der Waals surface area contributed by atoms with E-state index in [0.29, 0.717) is 0 Å². The Kier molecular flexibility index (Phi) is 10.8. The molecule has 0 spiro atoms. The number of aliphatic hydroxyl groups is 1. The highest BCUT2D eigenvalue weighted by molar-refractivity contribution is 5.74. The van der Waals surface area contributed by atoms with Crippen molar-refractivity contribution >= 4 is 5.97 Å². The van der Waals surface area contributed by atoms with E-state index in [1.165, 1.54) is 14.2 Å². The van der Waals surface area contributed by atoms with Crippen LogP contribution in [0.15, 0.2) is 23.2 Å². The zero-order chi connectivity index (χ0) is 16.8. The third kappa shape index (κ3) is 8.59. The van der Waals surface area contributed by atoms with E-state index >= 15 is 0 Å². The van der Waals surface area contributed by atoms with Crippen molar-refractivity contribution in [2.24, 2.45) is 0 Å². The summed E-state index contributed by atoms with van der Waals surface area (Å²) in [5.74, 6) is -1.12. The summed E-state index contributed by atoms with van der Waals surface area (Å²) in [6.07, 6.45) is 0.735. The molecule has 0 aromatic heterocycles. The summed E-state index contributed by atoms with van der Waals surface area (Å²) in [4.78, 5) is 11.0. The van der Waals surface area contributed by atoms with Gasteiger partial charge in [-0.25, -0.2) is 0 Å². The van der Waals surface area contributed by atoms with Gasteiger partial charge in [0.05, 0.1) is 33.9 Å². The quantitative estimate of drug-likeness (QED) is 0.334. The number of nitriles is 2. The smallest absolute Gasteiger partial charge is 0.310 e. The fourth-order valence-corrected chi connectivity index (χ4v) is 1.33. The lowest BCUT2D eigenvalue weighted by Gasteiger charge is -2.10. The topological polar surface area (TPSA) is 125 Å².